The van der Waals surface area contributed by atoms with Gasteiger partial charge in [0.15, 0.2) is 0 Å². The minimum absolute atomic E-state index is 0.0772. The normalized spacial score (nSPS) is 17.3. The van der Waals surface area contributed by atoms with Gasteiger partial charge < -0.3 is 9.47 Å². The van der Waals surface area contributed by atoms with Crippen LogP contribution in [0.3, 0.4) is 0 Å². The van der Waals surface area contributed by atoms with E-state index in [4.69, 9.17) is 9.47 Å². The second-order valence-electron chi connectivity index (χ2n) is 6.24. The number of ether oxygens (including phenoxy) is 2. The van der Waals surface area contributed by atoms with E-state index in [1.165, 1.54) is 19.3 Å². The lowest BCUT2D eigenvalue weighted by atomic mass is 10.1. The molecule has 0 saturated carbocycles. The summed E-state index contributed by atoms with van der Waals surface area (Å²) in [4.78, 5) is 11.4. The standard InChI is InChI=1S/C21H34O3/c1-2-3-4-5-6-7-8-9-10-11-12-13-14-15-16-17-21(22)24-19-20-18-23-20/h3-4,6-7,9-10,20H,2,5,8,11-19H2,1H3/b4-3-,7-6-,10-9-/t20-/m1/s1. The molecule has 1 saturated heterocycles. The van der Waals surface area contributed by atoms with Gasteiger partial charge in [-0.05, 0) is 38.5 Å². The molecule has 0 spiro atoms. The Morgan fingerprint density at radius 2 is 1.58 bits per heavy atom. The number of esters is 1. The number of rotatable bonds is 15. The summed E-state index contributed by atoms with van der Waals surface area (Å²) < 4.78 is 10.1. The van der Waals surface area contributed by atoms with E-state index in [9.17, 15) is 4.79 Å². The summed E-state index contributed by atoms with van der Waals surface area (Å²) in [6.45, 7) is 3.34. The third-order valence-corrected chi connectivity index (χ3v) is 3.86. The molecule has 1 heterocycles. The highest BCUT2D eigenvalue weighted by Crippen LogP contribution is 2.11. The molecular formula is C21H34O3. The second kappa shape index (κ2) is 15.2. The molecule has 0 aromatic rings. The van der Waals surface area contributed by atoms with Gasteiger partial charge in [0.05, 0.1) is 6.61 Å². The van der Waals surface area contributed by atoms with Gasteiger partial charge in [0.2, 0.25) is 0 Å². The number of hydrogen-bond donors (Lipinski definition) is 0. The van der Waals surface area contributed by atoms with Crippen molar-refractivity contribution in [3.63, 3.8) is 0 Å². The summed E-state index contributed by atoms with van der Waals surface area (Å²) in [7, 11) is 0. The van der Waals surface area contributed by atoms with E-state index in [-0.39, 0.29) is 12.1 Å². The number of allylic oxidation sites excluding steroid dienone is 6. The van der Waals surface area contributed by atoms with Crippen LogP contribution in [0.15, 0.2) is 36.5 Å². The van der Waals surface area contributed by atoms with E-state index >= 15 is 0 Å². The topological polar surface area (TPSA) is 38.8 Å². The van der Waals surface area contributed by atoms with Crippen LogP contribution >= 0.6 is 0 Å². The zero-order valence-electron chi connectivity index (χ0n) is 15.3. The highest BCUT2D eigenvalue weighted by atomic mass is 16.6. The minimum atomic E-state index is -0.0772. The van der Waals surface area contributed by atoms with Crippen molar-refractivity contribution in [2.75, 3.05) is 13.2 Å². The van der Waals surface area contributed by atoms with E-state index in [1.54, 1.807) is 0 Å². The first-order valence-electron chi connectivity index (χ1n) is 9.55. The van der Waals surface area contributed by atoms with Crippen molar-refractivity contribution in [3.05, 3.63) is 36.5 Å². The lowest BCUT2D eigenvalue weighted by Gasteiger charge is -2.02. The Labute approximate surface area is 147 Å². The number of unbranched alkanes of at least 4 members (excludes halogenated alkanes) is 5. The molecule has 0 N–H and O–H groups in total. The summed E-state index contributed by atoms with van der Waals surface area (Å²) in [5, 5.41) is 0. The van der Waals surface area contributed by atoms with Crippen molar-refractivity contribution >= 4 is 5.97 Å². The zero-order valence-corrected chi connectivity index (χ0v) is 15.3. The monoisotopic (exact) mass is 334 g/mol. The molecule has 3 heteroatoms. The van der Waals surface area contributed by atoms with Gasteiger partial charge in [-0.15, -0.1) is 0 Å². The minimum Gasteiger partial charge on any atom is -0.463 e. The van der Waals surface area contributed by atoms with Crippen molar-refractivity contribution < 1.29 is 14.3 Å². The number of carbonyl (C=O) groups excluding carboxylic acids is 1. The van der Waals surface area contributed by atoms with Crippen LogP contribution in [0.4, 0.5) is 0 Å². The van der Waals surface area contributed by atoms with Crippen LogP contribution < -0.4 is 0 Å². The largest absolute Gasteiger partial charge is 0.463 e. The van der Waals surface area contributed by atoms with Crippen molar-refractivity contribution in [2.24, 2.45) is 0 Å². The maximum atomic E-state index is 11.4. The molecule has 1 rings (SSSR count). The summed E-state index contributed by atoms with van der Waals surface area (Å²) in [5.41, 5.74) is 0. The summed E-state index contributed by atoms with van der Waals surface area (Å²) in [6, 6.07) is 0. The first kappa shape index (κ1) is 20.7. The number of hydrogen-bond acceptors (Lipinski definition) is 3. The molecule has 1 aliphatic heterocycles. The highest BCUT2D eigenvalue weighted by Gasteiger charge is 2.23. The maximum Gasteiger partial charge on any atom is 0.305 e. The summed E-state index contributed by atoms with van der Waals surface area (Å²) in [5.74, 6) is -0.0772. The van der Waals surface area contributed by atoms with Crippen LogP contribution in [0, 0.1) is 0 Å². The Balaban J connectivity index is 1.78. The first-order valence-corrected chi connectivity index (χ1v) is 9.55. The molecule has 3 nitrogen and oxygen atoms in total. The van der Waals surface area contributed by atoms with Gasteiger partial charge in [-0.3, -0.25) is 4.79 Å². The second-order valence-corrected chi connectivity index (χ2v) is 6.24. The van der Waals surface area contributed by atoms with Crippen LogP contribution in [0.2, 0.25) is 0 Å². The average Bonchev–Trinajstić information content (AvgIpc) is 3.41. The molecule has 136 valence electrons. The Kier molecular flexibility index (Phi) is 13.1. The molecule has 0 unspecified atom stereocenters. The SMILES string of the molecule is CC/C=C\C/C=C\C/C=C\CCCCCCCC(=O)OC[C@H]1CO1. The smallest absolute Gasteiger partial charge is 0.305 e. The lowest BCUT2D eigenvalue weighted by Crippen LogP contribution is -2.09. The van der Waals surface area contributed by atoms with Gasteiger partial charge in [-0.2, -0.15) is 0 Å². The van der Waals surface area contributed by atoms with Crippen LogP contribution in [0.25, 0.3) is 0 Å². The van der Waals surface area contributed by atoms with Crippen LogP contribution in [0.1, 0.15) is 71.1 Å². The fourth-order valence-electron chi connectivity index (χ4n) is 2.31. The van der Waals surface area contributed by atoms with Crippen LogP contribution in [-0.2, 0) is 14.3 Å². The van der Waals surface area contributed by atoms with E-state index < -0.39 is 0 Å². The fraction of sp³-hybridized carbons (Fsp3) is 0.667. The van der Waals surface area contributed by atoms with Gasteiger partial charge in [-0.1, -0.05) is 62.6 Å². The molecule has 24 heavy (non-hydrogen) atoms. The van der Waals surface area contributed by atoms with E-state index in [0.29, 0.717) is 13.0 Å². The molecule has 1 aliphatic rings. The summed E-state index contributed by atoms with van der Waals surface area (Å²) >= 11 is 0. The number of epoxide rings is 1. The van der Waals surface area contributed by atoms with E-state index in [2.05, 4.69) is 43.4 Å². The van der Waals surface area contributed by atoms with Gasteiger partial charge >= 0.3 is 5.97 Å². The third-order valence-electron chi connectivity index (χ3n) is 3.86. The quantitative estimate of drug-likeness (QED) is 0.171. The summed E-state index contributed by atoms with van der Waals surface area (Å²) in [6.07, 6.45) is 24.2. The predicted molar refractivity (Wildman–Crippen MR) is 100.0 cm³/mol. The fourth-order valence-corrected chi connectivity index (χ4v) is 2.31. The van der Waals surface area contributed by atoms with Gasteiger partial charge in [0.1, 0.15) is 12.7 Å². The molecule has 0 amide bonds. The molecule has 1 atom stereocenters. The number of carbonyl (C=O) groups is 1. The van der Waals surface area contributed by atoms with Crippen molar-refractivity contribution in [2.45, 2.75) is 77.2 Å². The first-order chi connectivity index (χ1) is 11.8. The van der Waals surface area contributed by atoms with Gasteiger partial charge in [-0.25, -0.2) is 0 Å². The Bertz CT molecular complexity index is 392. The zero-order chi connectivity index (χ0) is 17.3. The molecule has 0 aromatic heterocycles. The van der Waals surface area contributed by atoms with E-state index in [0.717, 1.165) is 45.1 Å². The Hall–Kier alpha value is -1.35. The maximum absolute atomic E-state index is 11.4. The molecule has 1 fully saturated rings. The third kappa shape index (κ3) is 14.3. The lowest BCUT2D eigenvalue weighted by molar-refractivity contribution is -0.144. The van der Waals surface area contributed by atoms with Crippen molar-refractivity contribution in [3.8, 4) is 0 Å². The highest BCUT2D eigenvalue weighted by molar-refractivity contribution is 5.69. The molecule has 0 radical (unpaired) electrons. The predicted octanol–water partition coefficient (Wildman–Crippen LogP) is 5.52. The van der Waals surface area contributed by atoms with E-state index in [1.807, 2.05) is 0 Å². The average molecular weight is 335 g/mol. The van der Waals surface area contributed by atoms with Gasteiger partial charge in [0.25, 0.3) is 0 Å². The molecule has 0 bridgehead atoms. The van der Waals surface area contributed by atoms with Gasteiger partial charge in [0, 0.05) is 6.42 Å². The molecule has 0 aliphatic carbocycles. The van der Waals surface area contributed by atoms with Crippen molar-refractivity contribution in [1.29, 1.82) is 0 Å². The Morgan fingerprint density at radius 1 is 0.958 bits per heavy atom. The van der Waals surface area contributed by atoms with Crippen molar-refractivity contribution in [1.82, 2.24) is 0 Å². The van der Waals surface area contributed by atoms with Crippen LogP contribution in [0.5, 0.6) is 0 Å². The Morgan fingerprint density at radius 3 is 2.29 bits per heavy atom. The molecular weight excluding hydrogens is 300 g/mol. The molecule has 0 aromatic carbocycles. The van der Waals surface area contributed by atoms with Crippen LogP contribution in [-0.4, -0.2) is 25.3 Å².